The van der Waals surface area contributed by atoms with E-state index < -0.39 is 0 Å². The molecule has 4 nitrogen and oxygen atoms in total. The van der Waals surface area contributed by atoms with E-state index in [9.17, 15) is 0 Å². The Hall–Kier alpha value is -3.53. The van der Waals surface area contributed by atoms with Crippen LogP contribution in [0.1, 0.15) is 11.1 Å². The monoisotopic (exact) mass is 384 g/mol. The Morgan fingerprint density at radius 2 is 1.31 bits per heavy atom. The normalized spacial score (nSPS) is 10.8. The predicted molar refractivity (Wildman–Crippen MR) is 117 cm³/mol. The Kier molecular flexibility index (Phi) is 5.09. The molecule has 4 rings (SSSR count). The van der Waals surface area contributed by atoms with E-state index in [1.807, 2.05) is 47.1 Å². The summed E-state index contributed by atoms with van der Waals surface area (Å²) in [7, 11) is 3.37. The van der Waals surface area contributed by atoms with Crippen LogP contribution in [0.15, 0.2) is 72.8 Å². The van der Waals surface area contributed by atoms with Crippen LogP contribution < -0.4 is 9.47 Å². The van der Waals surface area contributed by atoms with Crippen molar-refractivity contribution >= 4 is 0 Å². The lowest BCUT2D eigenvalue weighted by Gasteiger charge is -2.12. The second-order valence-corrected chi connectivity index (χ2v) is 7.00. The van der Waals surface area contributed by atoms with Crippen molar-refractivity contribution in [2.24, 2.45) is 0 Å². The third kappa shape index (κ3) is 3.49. The number of hydrogen-bond acceptors (Lipinski definition) is 3. The maximum atomic E-state index is 5.63. The van der Waals surface area contributed by atoms with Gasteiger partial charge in [0.15, 0.2) is 0 Å². The molecule has 3 aromatic carbocycles. The Morgan fingerprint density at radius 1 is 0.690 bits per heavy atom. The molecule has 0 unspecified atom stereocenters. The third-order valence-electron chi connectivity index (χ3n) is 5.21. The van der Waals surface area contributed by atoms with E-state index in [-0.39, 0.29) is 0 Å². The van der Waals surface area contributed by atoms with Gasteiger partial charge in [0, 0.05) is 11.1 Å². The smallest absolute Gasteiger partial charge is 0.128 e. The number of hydrogen-bond donors (Lipinski definition) is 0. The van der Waals surface area contributed by atoms with E-state index in [4.69, 9.17) is 14.6 Å². The fourth-order valence-electron chi connectivity index (χ4n) is 3.47. The van der Waals surface area contributed by atoms with Crippen LogP contribution in [-0.4, -0.2) is 24.0 Å². The molecule has 0 amide bonds. The predicted octanol–water partition coefficient (Wildman–Crippen LogP) is 5.84. The van der Waals surface area contributed by atoms with Crippen molar-refractivity contribution in [2.75, 3.05) is 14.2 Å². The lowest BCUT2D eigenvalue weighted by atomic mass is 10.1. The van der Waals surface area contributed by atoms with E-state index >= 15 is 0 Å². The standard InChI is InChI=1S/C25H24N2O2/c1-17-13-14-19(15-18(17)2)27-23(21-10-6-8-12-25(21)29-4)16-22(26-27)20-9-5-7-11-24(20)28-3/h5-16H,1-4H3. The maximum absolute atomic E-state index is 5.63. The van der Waals surface area contributed by atoms with Gasteiger partial charge in [-0.2, -0.15) is 5.10 Å². The average Bonchev–Trinajstić information content (AvgIpc) is 3.20. The van der Waals surface area contributed by atoms with Crippen LogP contribution in [0, 0.1) is 13.8 Å². The minimum absolute atomic E-state index is 0.795. The molecule has 0 aliphatic heterocycles. The number of ether oxygens (including phenoxy) is 2. The van der Waals surface area contributed by atoms with Crippen molar-refractivity contribution in [3.8, 4) is 39.7 Å². The van der Waals surface area contributed by atoms with E-state index in [0.717, 1.165) is 39.7 Å². The molecule has 1 aromatic heterocycles. The molecule has 0 aliphatic rings. The highest BCUT2D eigenvalue weighted by molar-refractivity contribution is 5.76. The zero-order chi connectivity index (χ0) is 20.4. The van der Waals surface area contributed by atoms with Crippen molar-refractivity contribution in [3.05, 3.63) is 83.9 Å². The molecule has 4 aromatic rings. The number of nitrogens with zero attached hydrogens (tertiary/aromatic N) is 2. The van der Waals surface area contributed by atoms with Crippen LogP contribution in [0.2, 0.25) is 0 Å². The van der Waals surface area contributed by atoms with Gasteiger partial charge in [-0.15, -0.1) is 0 Å². The topological polar surface area (TPSA) is 36.3 Å². The second-order valence-electron chi connectivity index (χ2n) is 7.00. The van der Waals surface area contributed by atoms with Gasteiger partial charge in [-0.05, 0) is 67.4 Å². The summed E-state index contributed by atoms with van der Waals surface area (Å²) in [5.74, 6) is 1.60. The second kappa shape index (κ2) is 7.84. The largest absolute Gasteiger partial charge is 0.496 e. The first-order valence-corrected chi connectivity index (χ1v) is 9.57. The summed E-state index contributed by atoms with van der Waals surface area (Å²) in [6.45, 7) is 4.23. The fourth-order valence-corrected chi connectivity index (χ4v) is 3.47. The zero-order valence-electron chi connectivity index (χ0n) is 17.1. The van der Waals surface area contributed by atoms with Crippen molar-refractivity contribution in [1.29, 1.82) is 0 Å². The van der Waals surface area contributed by atoms with Gasteiger partial charge in [-0.25, -0.2) is 4.68 Å². The first-order valence-electron chi connectivity index (χ1n) is 9.57. The van der Waals surface area contributed by atoms with Crippen molar-refractivity contribution in [1.82, 2.24) is 9.78 Å². The highest BCUT2D eigenvalue weighted by Crippen LogP contribution is 2.36. The van der Waals surface area contributed by atoms with Gasteiger partial charge >= 0.3 is 0 Å². The number of aryl methyl sites for hydroxylation is 2. The van der Waals surface area contributed by atoms with Gasteiger partial charge in [0.2, 0.25) is 0 Å². The van der Waals surface area contributed by atoms with Crippen molar-refractivity contribution < 1.29 is 9.47 Å². The first kappa shape index (κ1) is 18.8. The molecule has 0 aliphatic carbocycles. The molecule has 0 N–H and O–H groups in total. The van der Waals surface area contributed by atoms with Gasteiger partial charge < -0.3 is 9.47 Å². The third-order valence-corrected chi connectivity index (χ3v) is 5.21. The van der Waals surface area contributed by atoms with E-state index in [0.29, 0.717) is 0 Å². The SMILES string of the molecule is COc1ccccc1-c1cc(-c2ccccc2OC)n(-c2ccc(C)c(C)c2)n1. The number of methoxy groups -OCH3 is 2. The van der Waals surface area contributed by atoms with Crippen molar-refractivity contribution in [3.63, 3.8) is 0 Å². The van der Waals surface area contributed by atoms with Gasteiger partial charge in [0.05, 0.1) is 31.3 Å². The minimum atomic E-state index is 0.795. The molecule has 29 heavy (non-hydrogen) atoms. The Labute approximate surface area is 171 Å². The number of para-hydroxylation sites is 2. The molecule has 4 heteroatoms. The molecule has 0 bridgehead atoms. The summed E-state index contributed by atoms with van der Waals surface area (Å²) >= 11 is 0. The van der Waals surface area contributed by atoms with Crippen LogP contribution in [0.5, 0.6) is 11.5 Å². The molecule has 0 fully saturated rings. The van der Waals surface area contributed by atoms with Gasteiger partial charge in [0.25, 0.3) is 0 Å². The molecule has 146 valence electrons. The zero-order valence-corrected chi connectivity index (χ0v) is 17.1. The molecular formula is C25H24N2O2. The maximum Gasteiger partial charge on any atom is 0.128 e. The summed E-state index contributed by atoms with van der Waals surface area (Å²) in [5.41, 5.74) is 7.24. The van der Waals surface area contributed by atoms with Gasteiger partial charge in [-0.1, -0.05) is 30.3 Å². The van der Waals surface area contributed by atoms with Crippen LogP contribution in [0.25, 0.3) is 28.2 Å². The lowest BCUT2D eigenvalue weighted by molar-refractivity contribution is 0.416. The lowest BCUT2D eigenvalue weighted by Crippen LogP contribution is -2.01. The summed E-state index contributed by atoms with van der Waals surface area (Å²) in [4.78, 5) is 0. The number of benzene rings is 3. The van der Waals surface area contributed by atoms with E-state index in [1.165, 1.54) is 11.1 Å². The minimum Gasteiger partial charge on any atom is -0.496 e. The molecule has 0 radical (unpaired) electrons. The van der Waals surface area contributed by atoms with E-state index in [2.05, 4.69) is 44.2 Å². The summed E-state index contributed by atoms with van der Waals surface area (Å²) in [6, 6.07) is 24.4. The molecule has 0 saturated carbocycles. The van der Waals surface area contributed by atoms with Crippen LogP contribution >= 0.6 is 0 Å². The summed E-state index contributed by atoms with van der Waals surface area (Å²) in [6.07, 6.45) is 0. The molecule has 0 spiro atoms. The van der Waals surface area contributed by atoms with Crippen LogP contribution in [0.4, 0.5) is 0 Å². The molecule has 0 atom stereocenters. The van der Waals surface area contributed by atoms with Gasteiger partial charge in [0.1, 0.15) is 11.5 Å². The summed E-state index contributed by atoms with van der Waals surface area (Å²) in [5, 5.41) is 4.96. The highest BCUT2D eigenvalue weighted by Gasteiger charge is 2.18. The molecule has 1 heterocycles. The number of aromatic nitrogens is 2. The summed E-state index contributed by atoms with van der Waals surface area (Å²) < 4.78 is 13.2. The Morgan fingerprint density at radius 3 is 1.97 bits per heavy atom. The average molecular weight is 384 g/mol. The van der Waals surface area contributed by atoms with Crippen molar-refractivity contribution in [2.45, 2.75) is 13.8 Å². The molecular weight excluding hydrogens is 360 g/mol. The van der Waals surface area contributed by atoms with Gasteiger partial charge in [-0.3, -0.25) is 0 Å². The first-order chi connectivity index (χ1) is 14.1. The van der Waals surface area contributed by atoms with Crippen LogP contribution in [-0.2, 0) is 0 Å². The van der Waals surface area contributed by atoms with E-state index in [1.54, 1.807) is 14.2 Å². The number of rotatable bonds is 5. The Bertz CT molecular complexity index is 1160. The fraction of sp³-hybridized carbons (Fsp3) is 0.160. The quantitative estimate of drug-likeness (QED) is 0.434. The molecule has 0 saturated heterocycles. The Balaban J connectivity index is 1.97. The highest BCUT2D eigenvalue weighted by atomic mass is 16.5. The van der Waals surface area contributed by atoms with Crippen LogP contribution in [0.3, 0.4) is 0 Å².